The molecular formula is C36H53F3O11. The van der Waals surface area contributed by atoms with Gasteiger partial charge in [-0.1, -0.05) is 27.7 Å². The van der Waals surface area contributed by atoms with Gasteiger partial charge in [0.2, 0.25) is 11.6 Å². The first-order valence-electron chi connectivity index (χ1n) is 18.9. The van der Waals surface area contributed by atoms with Crippen LogP contribution >= 0.6 is 0 Å². The quantitative estimate of drug-likeness (QED) is 0.221. The zero-order valence-electron chi connectivity index (χ0n) is 30.1. The van der Waals surface area contributed by atoms with Crippen molar-refractivity contribution in [1.82, 2.24) is 0 Å². The van der Waals surface area contributed by atoms with Gasteiger partial charge in [-0.25, -0.2) is 19.6 Å². The Labute approximate surface area is 291 Å². The highest BCUT2D eigenvalue weighted by atomic mass is 19.4. The summed E-state index contributed by atoms with van der Waals surface area (Å²) in [6.45, 7) is 13.3. The maximum Gasteiger partial charge on any atom is 0.443 e. The first-order chi connectivity index (χ1) is 23.5. The van der Waals surface area contributed by atoms with E-state index in [1.54, 1.807) is 13.8 Å². The van der Waals surface area contributed by atoms with Gasteiger partial charge in [-0.15, -0.1) is 0 Å². The summed E-state index contributed by atoms with van der Waals surface area (Å²) in [4.78, 5) is 24.0. The zero-order chi connectivity index (χ0) is 35.3. The predicted octanol–water partition coefficient (Wildman–Crippen LogP) is 6.53. The normalized spacial score (nSPS) is 59.6. The topological polar surface area (TPSA) is 105 Å². The van der Waals surface area contributed by atoms with Crippen molar-refractivity contribution in [2.75, 3.05) is 13.2 Å². The van der Waals surface area contributed by atoms with E-state index in [1.807, 2.05) is 13.8 Å². The molecule has 0 amide bonds. The molecule has 14 heteroatoms. The molecule has 0 aromatic carbocycles. The van der Waals surface area contributed by atoms with Gasteiger partial charge in [0.15, 0.2) is 29.6 Å². The molecule has 2 spiro atoms. The predicted molar refractivity (Wildman–Crippen MR) is 164 cm³/mol. The number of hydrogen-bond acceptors (Lipinski definition) is 11. The van der Waals surface area contributed by atoms with Gasteiger partial charge in [-0.3, -0.25) is 0 Å². The molecule has 9 saturated heterocycles. The molecule has 0 aromatic rings. The lowest BCUT2D eigenvalue weighted by atomic mass is 9.57. The molecule has 11 fully saturated rings. The summed E-state index contributed by atoms with van der Waals surface area (Å²) in [5.41, 5.74) is -1.87. The van der Waals surface area contributed by atoms with Crippen molar-refractivity contribution in [3.8, 4) is 0 Å². The number of alkyl halides is 3. The summed E-state index contributed by atoms with van der Waals surface area (Å²) in [6, 6.07) is 0. The number of ether oxygens (including phenoxy) is 7. The van der Waals surface area contributed by atoms with E-state index < -0.39 is 77.2 Å². The first-order valence-corrected chi connectivity index (χ1v) is 18.9. The highest BCUT2D eigenvalue weighted by molar-refractivity contribution is 5.13. The number of hydrogen-bond donors (Lipinski definition) is 0. The van der Waals surface area contributed by atoms with Gasteiger partial charge in [-0.05, 0) is 83.0 Å². The van der Waals surface area contributed by atoms with Crippen molar-refractivity contribution < 1.29 is 65.9 Å². The lowest BCUT2D eigenvalue weighted by Gasteiger charge is -2.62. The second-order valence-electron chi connectivity index (χ2n) is 17.6. The van der Waals surface area contributed by atoms with Crippen LogP contribution in [0, 0.1) is 47.3 Å². The second kappa shape index (κ2) is 11.2. The SMILES string of the molecule is C[C@@H]1CC[C@H]2[C@@H](C)[C@@](C)(OC[C@@H]3OC3CO[C@@]3(C(F)(F)F)O[C@@H]4O[C@]5(C)CC[C@H]6[C@H](C)CC[C@@H]([C@H]3C)[C@@]46OO5)O[C@@H]3O[C@@]4(C)CC[C@@H]1[C@]32OO4. The van der Waals surface area contributed by atoms with Crippen molar-refractivity contribution in [3.05, 3.63) is 0 Å². The van der Waals surface area contributed by atoms with Gasteiger partial charge in [-0.2, -0.15) is 13.2 Å². The summed E-state index contributed by atoms with van der Waals surface area (Å²) < 4.78 is 89.5. The Morgan fingerprint density at radius 2 is 1.08 bits per heavy atom. The molecule has 9 aliphatic heterocycles. The fourth-order valence-electron chi connectivity index (χ4n) is 11.7. The van der Waals surface area contributed by atoms with Gasteiger partial charge in [0.25, 0.3) is 5.79 Å². The number of halogens is 3. The van der Waals surface area contributed by atoms with Gasteiger partial charge >= 0.3 is 6.18 Å². The van der Waals surface area contributed by atoms with Crippen LogP contribution in [0.1, 0.15) is 99.8 Å². The molecule has 50 heavy (non-hydrogen) atoms. The number of fused-ring (bicyclic) bond motifs is 4. The molecule has 0 N–H and O–H groups in total. The van der Waals surface area contributed by atoms with E-state index in [1.165, 1.54) is 0 Å². The Hall–Kier alpha value is -0.650. The minimum absolute atomic E-state index is 0.0645. The zero-order valence-corrected chi connectivity index (χ0v) is 30.1. The van der Waals surface area contributed by atoms with E-state index >= 15 is 13.2 Å². The van der Waals surface area contributed by atoms with E-state index in [9.17, 15) is 0 Å². The molecule has 11 rings (SSSR count). The Balaban J connectivity index is 0.898. The Bertz CT molecular complexity index is 1360. The third-order valence-corrected chi connectivity index (χ3v) is 14.9. The standard InChI is InChI=1S/C36H53F3O11/c1-18-8-10-24-20(3)32(7,45-28-33(24)22(18)12-14-30(5,43-28)47-49-33)40-16-26-27(42-26)17-41-35(36(37,38)39)21(4)25-11-9-19(2)23-13-15-31(6)44-29(46-35)34(23,25)50-48-31/h18-29H,8-17H2,1-7H3/t18-,19-,20-,21-,22+,23+,24+,25+,26+,27?,28+,29+,30-,31+,32+,33-,34-,35-/m1/s1. The van der Waals surface area contributed by atoms with Crippen LogP contribution in [0.5, 0.6) is 0 Å². The molecule has 1 unspecified atom stereocenters. The van der Waals surface area contributed by atoms with Crippen molar-refractivity contribution in [2.45, 2.75) is 165 Å². The minimum atomic E-state index is -4.85. The summed E-state index contributed by atoms with van der Waals surface area (Å²) in [6.07, 6.45) is -1.81. The van der Waals surface area contributed by atoms with Gasteiger partial charge in [0.05, 0.1) is 13.2 Å². The molecule has 9 heterocycles. The van der Waals surface area contributed by atoms with E-state index in [0.717, 1.165) is 25.7 Å². The third-order valence-electron chi connectivity index (χ3n) is 14.9. The van der Waals surface area contributed by atoms with Crippen LogP contribution in [0.4, 0.5) is 13.2 Å². The smallest absolute Gasteiger partial charge is 0.365 e. The van der Waals surface area contributed by atoms with Crippen LogP contribution in [-0.2, 0) is 52.7 Å². The third kappa shape index (κ3) is 4.75. The molecule has 11 nitrogen and oxygen atoms in total. The monoisotopic (exact) mass is 718 g/mol. The maximum absolute atomic E-state index is 15.3. The van der Waals surface area contributed by atoms with Crippen molar-refractivity contribution in [3.63, 3.8) is 0 Å². The summed E-state index contributed by atoms with van der Waals surface area (Å²) in [7, 11) is 0. The lowest BCUT2D eigenvalue weighted by Crippen LogP contribution is -2.76. The van der Waals surface area contributed by atoms with Crippen LogP contribution in [0.2, 0.25) is 0 Å². The average Bonchev–Trinajstić information content (AvgIpc) is 3.87. The van der Waals surface area contributed by atoms with E-state index in [0.29, 0.717) is 31.6 Å². The Kier molecular flexibility index (Phi) is 7.86. The Morgan fingerprint density at radius 3 is 1.62 bits per heavy atom. The van der Waals surface area contributed by atoms with Gasteiger partial charge in [0.1, 0.15) is 12.2 Å². The molecule has 2 aliphatic carbocycles. The lowest BCUT2D eigenvalue weighted by molar-refractivity contribution is -0.599. The van der Waals surface area contributed by atoms with Gasteiger partial charge < -0.3 is 33.2 Å². The molecule has 11 aliphatic rings. The number of rotatable bonds is 6. The van der Waals surface area contributed by atoms with Crippen molar-refractivity contribution in [2.24, 2.45) is 47.3 Å². The molecule has 4 bridgehead atoms. The van der Waals surface area contributed by atoms with E-state index in [4.69, 9.17) is 52.7 Å². The van der Waals surface area contributed by atoms with Crippen LogP contribution in [0.25, 0.3) is 0 Å². The fourth-order valence-corrected chi connectivity index (χ4v) is 11.7. The molecule has 284 valence electrons. The summed E-state index contributed by atoms with van der Waals surface area (Å²) >= 11 is 0. The van der Waals surface area contributed by atoms with Crippen molar-refractivity contribution in [1.29, 1.82) is 0 Å². The van der Waals surface area contributed by atoms with E-state index in [2.05, 4.69) is 20.8 Å². The molecule has 0 radical (unpaired) electrons. The summed E-state index contributed by atoms with van der Waals surface area (Å²) in [5, 5.41) is 0. The molecule has 2 saturated carbocycles. The minimum Gasteiger partial charge on any atom is -0.365 e. The fraction of sp³-hybridized carbons (Fsp3) is 1.00. The van der Waals surface area contributed by atoms with E-state index in [-0.39, 0.29) is 42.8 Å². The highest BCUT2D eigenvalue weighted by Gasteiger charge is 2.78. The average molecular weight is 719 g/mol. The largest absolute Gasteiger partial charge is 0.443 e. The second-order valence-corrected chi connectivity index (χ2v) is 17.6. The molecular weight excluding hydrogens is 665 g/mol. The first kappa shape index (κ1) is 35.1. The van der Waals surface area contributed by atoms with Crippen LogP contribution in [-0.4, -0.2) is 78.5 Å². The van der Waals surface area contributed by atoms with Crippen molar-refractivity contribution >= 4 is 0 Å². The van der Waals surface area contributed by atoms with Crippen LogP contribution < -0.4 is 0 Å². The number of epoxide rings is 1. The highest BCUT2D eigenvalue weighted by Crippen LogP contribution is 2.65. The van der Waals surface area contributed by atoms with Crippen LogP contribution in [0.15, 0.2) is 0 Å². The summed E-state index contributed by atoms with van der Waals surface area (Å²) in [5.74, 6) is -6.94. The molecule has 18 atom stereocenters. The maximum atomic E-state index is 15.3. The van der Waals surface area contributed by atoms with Gasteiger partial charge in [0, 0.05) is 36.5 Å². The van der Waals surface area contributed by atoms with Crippen LogP contribution in [0.3, 0.4) is 0 Å². The Morgan fingerprint density at radius 1 is 0.580 bits per heavy atom. The molecule has 0 aromatic heterocycles.